The SMILES string of the molecule is OC1CCc2cnn(Cc3cnc4ccccc4c3)c2C1. The van der Waals surface area contributed by atoms with Crippen LogP contribution < -0.4 is 0 Å². The van der Waals surface area contributed by atoms with Gasteiger partial charge in [-0.25, -0.2) is 0 Å². The third kappa shape index (κ3) is 2.32. The van der Waals surface area contributed by atoms with Crippen molar-refractivity contribution in [1.29, 1.82) is 0 Å². The van der Waals surface area contributed by atoms with Gasteiger partial charge in [0.15, 0.2) is 0 Å². The molecule has 0 saturated carbocycles. The van der Waals surface area contributed by atoms with Crippen LogP contribution in [-0.2, 0) is 19.4 Å². The molecule has 4 rings (SSSR count). The highest BCUT2D eigenvalue weighted by Crippen LogP contribution is 2.22. The lowest BCUT2D eigenvalue weighted by Gasteiger charge is -2.19. The zero-order chi connectivity index (χ0) is 14.2. The first-order valence-corrected chi connectivity index (χ1v) is 7.35. The second-order valence-corrected chi connectivity index (χ2v) is 5.71. The molecule has 2 heterocycles. The first-order chi connectivity index (χ1) is 10.3. The molecule has 1 aliphatic carbocycles. The van der Waals surface area contributed by atoms with E-state index < -0.39 is 0 Å². The fourth-order valence-corrected chi connectivity index (χ4v) is 3.05. The maximum Gasteiger partial charge on any atom is 0.0702 e. The minimum absolute atomic E-state index is 0.234. The van der Waals surface area contributed by atoms with E-state index in [9.17, 15) is 5.11 Å². The Morgan fingerprint density at radius 2 is 2.14 bits per heavy atom. The number of rotatable bonds is 2. The number of para-hydroxylation sites is 1. The third-order valence-corrected chi connectivity index (χ3v) is 4.19. The van der Waals surface area contributed by atoms with Gasteiger partial charge in [0.05, 0.1) is 24.4 Å². The summed E-state index contributed by atoms with van der Waals surface area (Å²) in [5.74, 6) is 0. The van der Waals surface area contributed by atoms with E-state index in [0.717, 1.165) is 29.3 Å². The maximum atomic E-state index is 9.85. The van der Waals surface area contributed by atoms with Crippen LogP contribution in [0.3, 0.4) is 0 Å². The molecule has 1 aromatic carbocycles. The van der Waals surface area contributed by atoms with Crippen molar-refractivity contribution in [3.63, 3.8) is 0 Å². The Morgan fingerprint density at radius 1 is 1.24 bits per heavy atom. The molecule has 1 N–H and O–H groups in total. The molecule has 0 saturated heterocycles. The minimum atomic E-state index is -0.234. The van der Waals surface area contributed by atoms with E-state index in [4.69, 9.17) is 0 Å². The van der Waals surface area contributed by atoms with Crippen LogP contribution in [0, 0.1) is 0 Å². The second kappa shape index (κ2) is 4.97. The van der Waals surface area contributed by atoms with E-state index in [0.29, 0.717) is 13.0 Å². The van der Waals surface area contributed by atoms with Gasteiger partial charge in [0.2, 0.25) is 0 Å². The number of benzene rings is 1. The summed E-state index contributed by atoms with van der Waals surface area (Å²) in [6.07, 6.45) is 6.09. The number of fused-ring (bicyclic) bond motifs is 2. The van der Waals surface area contributed by atoms with Crippen molar-refractivity contribution in [3.05, 3.63) is 59.5 Å². The van der Waals surface area contributed by atoms with E-state index in [1.54, 1.807) is 0 Å². The van der Waals surface area contributed by atoms with Crippen molar-refractivity contribution in [2.24, 2.45) is 0 Å². The summed E-state index contributed by atoms with van der Waals surface area (Å²) in [7, 11) is 0. The summed E-state index contributed by atoms with van der Waals surface area (Å²) < 4.78 is 2.00. The predicted octanol–water partition coefficient (Wildman–Crippen LogP) is 2.33. The monoisotopic (exact) mass is 279 g/mol. The second-order valence-electron chi connectivity index (χ2n) is 5.71. The Kier molecular flexibility index (Phi) is 2.97. The molecule has 1 aliphatic rings. The zero-order valence-electron chi connectivity index (χ0n) is 11.7. The third-order valence-electron chi connectivity index (χ3n) is 4.19. The molecule has 2 aromatic heterocycles. The van der Waals surface area contributed by atoms with Crippen LogP contribution >= 0.6 is 0 Å². The highest BCUT2D eigenvalue weighted by molar-refractivity contribution is 5.78. The Morgan fingerprint density at radius 3 is 3.10 bits per heavy atom. The normalized spacial score (nSPS) is 17.9. The molecule has 21 heavy (non-hydrogen) atoms. The smallest absolute Gasteiger partial charge is 0.0702 e. The van der Waals surface area contributed by atoms with Crippen molar-refractivity contribution in [2.45, 2.75) is 31.9 Å². The lowest BCUT2D eigenvalue weighted by Crippen LogP contribution is -2.21. The molecule has 0 spiro atoms. The van der Waals surface area contributed by atoms with E-state index >= 15 is 0 Å². The van der Waals surface area contributed by atoms with Gasteiger partial charge in [-0.15, -0.1) is 0 Å². The highest BCUT2D eigenvalue weighted by Gasteiger charge is 2.20. The van der Waals surface area contributed by atoms with Gasteiger partial charge >= 0.3 is 0 Å². The first-order valence-electron chi connectivity index (χ1n) is 7.35. The van der Waals surface area contributed by atoms with Gasteiger partial charge in [-0.3, -0.25) is 9.67 Å². The van der Waals surface area contributed by atoms with Crippen LogP contribution in [0.15, 0.2) is 42.7 Å². The van der Waals surface area contributed by atoms with E-state index in [-0.39, 0.29) is 6.10 Å². The maximum absolute atomic E-state index is 9.85. The Bertz CT molecular complexity index is 794. The predicted molar refractivity (Wildman–Crippen MR) is 81.1 cm³/mol. The lowest BCUT2D eigenvalue weighted by molar-refractivity contribution is 0.155. The molecule has 0 radical (unpaired) electrons. The van der Waals surface area contributed by atoms with Crippen molar-refractivity contribution >= 4 is 10.9 Å². The van der Waals surface area contributed by atoms with Crippen LogP contribution in [0.5, 0.6) is 0 Å². The van der Waals surface area contributed by atoms with E-state index in [2.05, 4.69) is 22.2 Å². The van der Waals surface area contributed by atoms with Crippen LogP contribution in [0.2, 0.25) is 0 Å². The number of aliphatic hydroxyl groups excluding tert-OH is 1. The van der Waals surface area contributed by atoms with Crippen molar-refractivity contribution in [2.75, 3.05) is 0 Å². The highest BCUT2D eigenvalue weighted by atomic mass is 16.3. The van der Waals surface area contributed by atoms with Gasteiger partial charge in [-0.05, 0) is 36.1 Å². The van der Waals surface area contributed by atoms with Gasteiger partial charge in [-0.1, -0.05) is 18.2 Å². The average Bonchev–Trinajstić information content (AvgIpc) is 2.89. The standard InChI is InChI=1S/C17H17N3O/c21-15-6-5-14-10-19-20(17(14)8-15)11-12-7-13-3-1-2-4-16(13)18-9-12/h1-4,7,9-10,15,21H,5-6,8,11H2. The number of pyridine rings is 1. The molecule has 1 unspecified atom stereocenters. The van der Waals surface area contributed by atoms with E-state index in [1.807, 2.05) is 35.3 Å². The number of hydrogen-bond acceptors (Lipinski definition) is 3. The molecule has 4 nitrogen and oxygen atoms in total. The van der Waals surface area contributed by atoms with Crippen LogP contribution in [0.1, 0.15) is 23.2 Å². The molecule has 1 atom stereocenters. The summed E-state index contributed by atoms with van der Waals surface area (Å²) >= 11 is 0. The molecule has 0 amide bonds. The number of hydrogen-bond donors (Lipinski definition) is 1. The summed E-state index contributed by atoms with van der Waals surface area (Å²) in [6, 6.07) is 10.3. The van der Waals surface area contributed by atoms with Gasteiger partial charge in [0.25, 0.3) is 0 Å². The average molecular weight is 279 g/mol. The topological polar surface area (TPSA) is 50.9 Å². The minimum Gasteiger partial charge on any atom is -0.393 e. The quantitative estimate of drug-likeness (QED) is 0.783. The fourth-order valence-electron chi connectivity index (χ4n) is 3.05. The molecule has 4 heteroatoms. The molecule has 0 aliphatic heterocycles. The van der Waals surface area contributed by atoms with Crippen LogP contribution in [0.25, 0.3) is 10.9 Å². The molecule has 0 bridgehead atoms. The summed E-state index contributed by atoms with van der Waals surface area (Å²) in [5.41, 5.74) is 4.59. The van der Waals surface area contributed by atoms with Gasteiger partial charge in [0, 0.05) is 23.7 Å². The lowest BCUT2D eigenvalue weighted by atomic mass is 9.95. The van der Waals surface area contributed by atoms with Crippen molar-refractivity contribution < 1.29 is 5.11 Å². The first kappa shape index (κ1) is 12.5. The number of aliphatic hydroxyl groups is 1. The molecule has 3 aromatic rings. The summed E-state index contributed by atoms with van der Waals surface area (Å²) in [5, 5.41) is 15.5. The summed E-state index contributed by atoms with van der Waals surface area (Å²) in [6.45, 7) is 0.708. The number of aromatic nitrogens is 3. The van der Waals surface area contributed by atoms with Crippen molar-refractivity contribution in [1.82, 2.24) is 14.8 Å². The fraction of sp³-hybridized carbons (Fsp3) is 0.294. The molecular weight excluding hydrogens is 262 g/mol. The Labute approximate surface area is 123 Å². The van der Waals surface area contributed by atoms with Crippen molar-refractivity contribution in [3.8, 4) is 0 Å². The Balaban J connectivity index is 1.67. The van der Waals surface area contributed by atoms with Gasteiger partial charge in [0.1, 0.15) is 0 Å². The molecular formula is C17H17N3O. The van der Waals surface area contributed by atoms with Gasteiger partial charge < -0.3 is 5.11 Å². The van der Waals surface area contributed by atoms with Crippen LogP contribution in [0.4, 0.5) is 0 Å². The molecule has 0 fully saturated rings. The largest absolute Gasteiger partial charge is 0.393 e. The number of aryl methyl sites for hydroxylation is 1. The Hall–Kier alpha value is -2.20. The van der Waals surface area contributed by atoms with E-state index in [1.165, 1.54) is 11.3 Å². The number of nitrogens with zero attached hydrogens (tertiary/aromatic N) is 3. The summed E-state index contributed by atoms with van der Waals surface area (Å²) in [4.78, 5) is 4.50. The molecule has 106 valence electrons. The van der Waals surface area contributed by atoms with Gasteiger partial charge in [-0.2, -0.15) is 5.10 Å². The van der Waals surface area contributed by atoms with Crippen LogP contribution in [-0.4, -0.2) is 26.0 Å². The zero-order valence-corrected chi connectivity index (χ0v) is 11.7.